The van der Waals surface area contributed by atoms with E-state index in [-0.39, 0.29) is 0 Å². The number of rotatable bonds is 8. The van der Waals surface area contributed by atoms with Gasteiger partial charge in [-0.3, -0.25) is 0 Å². The Morgan fingerprint density at radius 2 is 0.658 bits per heavy atom. The summed E-state index contributed by atoms with van der Waals surface area (Å²) in [6.45, 7) is 27.3. The standard InChI is InChI=1S/C36H50N2/c1-21(2)27-17-29(23(5)6)35(30(18-27)24(7)8)37-33-15-13-14-16-34(33)38-36-31(25(9)10)19-28(22(3)4)20-32(36)26(11)12/h13-26H,1-12H3. The molecular weight excluding hydrogens is 460 g/mol. The van der Waals surface area contributed by atoms with E-state index in [1.807, 2.05) is 0 Å². The van der Waals surface area contributed by atoms with Crippen LogP contribution in [0.25, 0.3) is 0 Å². The zero-order valence-corrected chi connectivity index (χ0v) is 26.0. The van der Waals surface area contributed by atoms with E-state index in [1.165, 1.54) is 33.4 Å². The minimum absolute atomic E-state index is 0.387. The second-order valence-corrected chi connectivity index (χ2v) is 12.7. The van der Waals surface area contributed by atoms with Gasteiger partial charge < -0.3 is 0 Å². The molecule has 2 aromatic rings. The fourth-order valence-corrected chi connectivity index (χ4v) is 4.99. The second-order valence-electron chi connectivity index (χ2n) is 12.7. The van der Waals surface area contributed by atoms with Crippen LogP contribution in [0.5, 0.6) is 0 Å². The molecule has 0 spiro atoms. The lowest BCUT2D eigenvalue weighted by Gasteiger charge is -2.22. The third kappa shape index (κ3) is 6.63. The molecule has 0 fully saturated rings. The summed E-state index contributed by atoms with van der Waals surface area (Å²) >= 11 is 0. The van der Waals surface area contributed by atoms with Crippen LogP contribution in [-0.4, -0.2) is 11.4 Å². The molecule has 0 bridgehead atoms. The van der Waals surface area contributed by atoms with Crippen molar-refractivity contribution in [1.29, 1.82) is 0 Å². The molecule has 0 amide bonds. The van der Waals surface area contributed by atoms with Gasteiger partial charge in [0.1, 0.15) is 0 Å². The van der Waals surface area contributed by atoms with E-state index in [0.717, 1.165) is 22.8 Å². The van der Waals surface area contributed by atoms with Crippen molar-refractivity contribution in [1.82, 2.24) is 0 Å². The number of allylic oxidation sites excluding steroid dienone is 4. The topological polar surface area (TPSA) is 24.7 Å². The van der Waals surface area contributed by atoms with Gasteiger partial charge in [0.25, 0.3) is 0 Å². The van der Waals surface area contributed by atoms with Crippen molar-refractivity contribution >= 4 is 22.8 Å². The van der Waals surface area contributed by atoms with Crippen LogP contribution in [0.15, 0.2) is 58.6 Å². The van der Waals surface area contributed by atoms with Crippen LogP contribution in [-0.2, 0) is 0 Å². The zero-order chi connectivity index (χ0) is 28.3. The van der Waals surface area contributed by atoms with Crippen molar-refractivity contribution in [3.05, 3.63) is 82.0 Å². The van der Waals surface area contributed by atoms with Crippen LogP contribution < -0.4 is 0 Å². The van der Waals surface area contributed by atoms with E-state index >= 15 is 0 Å². The van der Waals surface area contributed by atoms with Crippen LogP contribution in [0.1, 0.15) is 152 Å². The Hall–Kier alpha value is -2.74. The van der Waals surface area contributed by atoms with Gasteiger partial charge in [0, 0.05) is 0 Å². The lowest BCUT2D eigenvalue weighted by Crippen LogP contribution is -2.13. The van der Waals surface area contributed by atoms with Gasteiger partial charge in [0.05, 0.1) is 22.8 Å². The van der Waals surface area contributed by atoms with Crippen LogP contribution in [0, 0.1) is 0 Å². The van der Waals surface area contributed by atoms with E-state index in [0.29, 0.717) is 35.5 Å². The molecule has 204 valence electrons. The predicted octanol–water partition coefficient (Wildman–Crippen LogP) is 11.4. The average Bonchev–Trinajstić information content (AvgIpc) is 2.84. The van der Waals surface area contributed by atoms with E-state index in [1.54, 1.807) is 0 Å². The van der Waals surface area contributed by atoms with Crippen LogP contribution in [0.2, 0.25) is 0 Å². The molecule has 2 heteroatoms. The molecule has 2 nitrogen and oxygen atoms in total. The van der Waals surface area contributed by atoms with E-state index < -0.39 is 0 Å². The van der Waals surface area contributed by atoms with Crippen molar-refractivity contribution in [2.45, 2.75) is 119 Å². The van der Waals surface area contributed by atoms with Gasteiger partial charge in [0.15, 0.2) is 0 Å². The highest BCUT2D eigenvalue weighted by molar-refractivity contribution is 6.51. The molecule has 2 aromatic carbocycles. The largest absolute Gasteiger partial charge is 0.246 e. The predicted molar refractivity (Wildman–Crippen MR) is 170 cm³/mol. The SMILES string of the molecule is CC(C)c1cc(C(C)C)c(N=C2C=CC=CC2=Nc2c(C(C)C)cc(C(C)C)cc2C(C)C)c(C(C)C)c1. The first-order valence-corrected chi connectivity index (χ1v) is 14.7. The molecule has 0 saturated carbocycles. The third-order valence-electron chi connectivity index (χ3n) is 7.55. The van der Waals surface area contributed by atoms with Gasteiger partial charge in [-0.1, -0.05) is 120 Å². The Morgan fingerprint density at radius 1 is 0.395 bits per heavy atom. The third-order valence-corrected chi connectivity index (χ3v) is 7.55. The molecule has 1 aliphatic carbocycles. The highest BCUT2D eigenvalue weighted by Crippen LogP contribution is 2.40. The lowest BCUT2D eigenvalue weighted by molar-refractivity contribution is 0.805. The van der Waals surface area contributed by atoms with E-state index in [4.69, 9.17) is 9.98 Å². The summed E-state index contributed by atoms with van der Waals surface area (Å²) in [5.41, 5.74) is 12.2. The fraction of sp³-hybridized carbons (Fsp3) is 0.500. The summed E-state index contributed by atoms with van der Waals surface area (Å²) in [6, 6.07) is 9.49. The van der Waals surface area contributed by atoms with Crippen molar-refractivity contribution in [3.8, 4) is 0 Å². The maximum atomic E-state index is 5.38. The van der Waals surface area contributed by atoms with Crippen molar-refractivity contribution in [3.63, 3.8) is 0 Å². The fourth-order valence-electron chi connectivity index (χ4n) is 4.99. The Morgan fingerprint density at radius 3 is 0.868 bits per heavy atom. The normalized spacial score (nSPS) is 16.2. The minimum atomic E-state index is 0.387. The molecule has 38 heavy (non-hydrogen) atoms. The number of hydrogen-bond donors (Lipinski definition) is 0. The quantitative estimate of drug-likeness (QED) is 0.315. The average molecular weight is 511 g/mol. The van der Waals surface area contributed by atoms with Crippen molar-refractivity contribution in [2.75, 3.05) is 0 Å². The van der Waals surface area contributed by atoms with Crippen LogP contribution in [0.4, 0.5) is 11.4 Å². The van der Waals surface area contributed by atoms with Crippen molar-refractivity contribution < 1.29 is 0 Å². The smallest absolute Gasteiger partial charge is 0.0893 e. The molecule has 0 atom stereocenters. The molecule has 1 aliphatic rings. The Balaban J connectivity index is 2.30. The first kappa shape index (κ1) is 29.8. The Labute approximate surface area is 233 Å². The van der Waals surface area contributed by atoms with Gasteiger partial charge in [-0.05, 0) is 81.0 Å². The summed E-state index contributed by atoms with van der Waals surface area (Å²) in [6.07, 6.45) is 8.41. The Kier molecular flexibility index (Phi) is 9.74. The maximum absolute atomic E-state index is 5.38. The zero-order valence-electron chi connectivity index (χ0n) is 26.0. The first-order valence-electron chi connectivity index (χ1n) is 14.7. The van der Waals surface area contributed by atoms with E-state index in [2.05, 4.69) is 132 Å². The molecule has 0 heterocycles. The first-order chi connectivity index (χ1) is 17.8. The highest BCUT2D eigenvalue weighted by Gasteiger charge is 2.21. The van der Waals surface area contributed by atoms with Gasteiger partial charge in [-0.2, -0.15) is 0 Å². The molecule has 0 N–H and O–H groups in total. The number of nitrogens with zero attached hydrogens (tertiary/aromatic N) is 2. The minimum Gasteiger partial charge on any atom is -0.246 e. The second kappa shape index (κ2) is 12.4. The lowest BCUT2D eigenvalue weighted by atomic mass is 9.87. The van der Waals surface area contributed by atoms with Gasteiger partial charge in [-0.25, -0.2) is 9.98 Å². The summed E-state index contributed by atoms with van der Waals surface area (Å²) in [5.74, 6) is 2.52. The summed E-state index contributed by atoms with van der Waals surface area (Å²) < 4.78 is 0. The number of hydrogen-bond acceptors (Lipinski definition) is 2. The van der Waals surface area contributed by atoms with Gasteiger partial charge in [0.2, 0.25) is 0 Å². The summed E-state index contributed by atoms with van der Waals surface area (Å²) in [7, 11) is 0. The molecule has 0 aliphatic heterocycles. The molecule has 3 rings (SSSR count). The highest BCUT2D eigenvalue weighted by atomic mass is 14.8. The number of benzene rings is 2. The van der Waals surface area contributed by atoms with Gasteiger partial charge >= 0.3 is 0 Å². The summed E-state index contributed by atoms with van der Waals surface area (Å²) in [5, 5.41) is 0. The molecule has 0 unspecified atom stereocenters. The van der Waals surface area contributed by atoms with Crippen LogP contribution in [0.3, 0.4) is 0 Å². The maximum Gasteiger partial charge on any atom is 0.0893 e. The van der Waals surface area contributed by atoms with Crippen molar-refractivity contribution in [2.24, 2.45) is 9.98 Å². The van der Waals surface area contributed by atoms with E-state index in [9.17, 15) is 0 Å². The van der Waals surface area contributed by atoms with Gasteiger partial charge in [-0.15, -0.1) is 0 Å². The molecule has 0 saturated heterocycles. The molecule has 0 aromatic heterocycles. The molecule has 0 radical (unpaired) electrons. The number of aliphatic imine (C=N–C) groups is 2. The molecular formula is C36H50N2. The summed E-state index contributed by atoms with van der Waals surface area (Å²) in [4.78, 5) is 10.8. The Bertz CT molecular complexity index is 1100. The monoisotopic (exact) mass is 510 g/mol. The van der Waals surface area contributed by atoms with Crippen LogP contribution >= 0.6 is 0 Å².